The standard InChI is InChI=1S/C8H10N2O2/c1-6(12-10-8(9)11)7-4-2-3-5-7/h2-5H,1H3,(H3,9,10,11). The highest BCUT2D eigenvalue weighted by Gasteiger charge is 2.00. The number of hydroxylamine groups is 1. The van der Waals surface area contributed by atoms with Gasteiger partial charge in [-0.15, -0.1) is 0 Å². The first-order chi connectivity index (χ1) is 5.70. The maximum absolute atomic E-state index is 10.2. The molecule has 0 atom stereocenters. The summed E-state index contributed by atoms with van der Waals surface area (Å²) in [5, 5.41) is 0. The van der Waals surface area contributed by atoms with E-state index < -0.39 is 6.03 Å². The Morgan fingerprint density at radius 3 is 2.58 bits per heavy atom. The van der Waals surface area contributed by atoms with E-state index in [0.717, 1.165) is 5.57 Å². The number of carbonyl (C=O) groups excluding carboxylic acids is 1. The van der Waals surface area contributed by atoms with Gasteiger partial charge in [0, 0.05) is 5.57 Å². The monoisotopic (exact) mass is 166 g/mol. The topological polar surface area (TPSA) is 64.3 Å². The summed E-state index contributed by atoms with van der Waals surface area (Å²) in [5.74, 6) is 0.610. The summed E-state index contributed by atoms with van der Waals surface area (Å²) in [7, 11) is 0. The number of primary amides is 1. The second-order valence-electron chi connectivity index (χ2n) is 2.30. The molecule has 4 heteroatoms. The minimum atomic E-state index is -0.707. The van der Waals surface area contributed by atoms with Gasteiger partial charge >= 0.3 is 6.03 Å². The number of urea groups is 1. The fourth-order valence-corrected chi connectivity index (χ4v) is 0.794. The lowest BCUT2D eigenvalue weighted by atomic mass is 10.3. The normalized spacial score (nSPS) is 13.2. The van der Waals surface area contributed by atoms with E-state index in [4.69, 9.17) is 10.6 Å². The molecule has 4 nitrogen and oxygen atoms in total. The molecule has 2 amide bonds. The van der Waals surface area contributed by atoms with Crippen molar-refractivity contribution in [3.05, 3.63) is 35.6 Å². The molecule has 0 saturated heterocycles. The van der Waals surface area contributed by atoms with Gasteiger partial charge in [0.15, 0.2) is 0 Å². The van der Waals surface area contributed by atoms with Gasteiger partial charge in [-0.05, 0) is 6.92 Å². The molecule has 0 bridgehead atoms. The molecule has 0 aromatic rings. The van der Waals surface area contributed by atoms with Crippen LogP contribution in [0.25, 0.3) is 0 Å². The van der Waals surface area contributed by atoms with Crippen LogP contribution in [0, 0.1) is 0 Å². The number of hydrogen-bond acceptors (Lipinski definition) is 2. The van der Waals surface area contributed by atoms with Gasteiger partial charge in [0.1, 0.15) is 5.76 Å². The van der Waals surface area contributed by atoms with Crippen molar-refractivity contribution >= 4 is 6.03 Å². The van der Waals surface area contributed by atoms with Crippen molar-refractivity contribution in [2.24, 2.45) is 5.73 Å². The molecule has 12 heavy (non-hydrogen) atoms. The maximum atomic E-state index is 10.2. The second kappa shape index (κ2) is 3.61. The van der Waals surface area contributed by atoms with Crippen LogP contribution in [0.4, 0.5) is 4.79 Å². The molecule has 3 N–H and O–H groups in total. The summed E-state index contributed by atoms with van der Waals surface area (Å²) in [5.41, 5.74) is 7.76. The third kappa shape index (κ3) is 2.16. The molecule has 1 aliphatic rings. The van der Waals surface area contributed by atoms with Crippen LogP contribution in [0.2, 0.25) is 0 Å². The van der Waals surface area contributed by atoms with Crippen LogP contribution in [0.15, 0.2) is 35.6 Å². The van der Waals surface area contributed by atoms with Crippen molar-refractivity contribution in [3.63, 3.8) is 0 Å². The van der Waals surface area contributed by atoms with Crippen LogP contribution in [-0.2, 0) is 4.84 Å². The van der Waals surface area contributed by atoms with Crippen LogP contribution < -0.4 is 11.2 Å². The van der Waals surface area contributed by atoms with Gasteiger partial charge in [0.25, 0.3) is 0 Å². The molecule has 0 saturated carbocycles. The first-order valence-electron chi connectivity index (χ1n) is 3.48. The first kappa shape index (κ1) is 8.39. The van der Waals surface area contributed by atoms with Gasteiger partial charge in [-0.1, -0.05) is 24.3 Å². The van der Waals surface area contributed by atoms with Crippen molar-refractivity contribution in [2.45, 2.75) is 6.92 Å². The summed E-state index contributed by atoms with van der Waals surface area (Å²) in [6, 6.07) is -0.707. The zero-order valence-electron chi connectivity index (χ0n) is 6.70. The molecule has 0 aromatic carbocycles. The summed E-state index contributed by atoms with van der Waals surface area (Å²) >= 11 is 0. The van der Waals surface area contributed by atoms with Gasteiger partial charge in [-0.25, -0.2) is 4.79 Å². The predicted molar refractivity (Wildman–Crippen MR) is 44.8 cm³/mol. The van der Waals surface area contributed by atoms with Crippen LogP contribution >= 0.6 is 0 Å². The number of hydrogen-bond donors (Lipinski definition) is 2. The SMILES string of the molecule is CC(ONC(N)=O)=C1C=CC=C1. The molecule has 0 aliphatic heterocycles. The van der Waals surface area contributed by atoms with E-state index in [1.807, 2.05) is 29.8 Å². The molecular weight excluding hydrogens is 156 g/mol. The summed E-state index contributed by atoms with van der Waals surface area (Å²) in [6.07, 6.45) is 7.51. The van der Waals surface area contributed by atoms with Gasteiger partial charge in [-0.2, -0.15) is 5.48 Å². The first-order valence-corrected chi connectivity index (χ1v) is 3.48. The highest BCUT2D eigenvalue weighted by atomic mass is 16.7. The molecule has 0 fully saturated rings. The van der Waals surface area contributed by atoms with E-state index in [1.165, 1.54) is 0 Å². The van der Waals surface area contributed by atoms with E-state index in [-0.39, 0.29) is 0 Å². The fourth-order valence-electron chi connectivity index (χ4n) is 0.794. The highest BCUT2D eigenvalue weighted by molar-refractivity contribution is 5.70. The average molecular weight is 166 g/mol. The van der Waals surface area contributed by atoms with E-state index in [0.29, 0.717) is 5.76 Å². The predicted octanol–water partition coefficient (Wildman–Crippen LogP) is 0.986. The van der Waals surface area contributed by atoms with Crippen LogP contribution in [-0.4, -0.2) is 6.03 Å². The Labute approximate surface area is 70.3 Å². The maximum Gasteiger partial charge on any atom is 0.345 e. The molecule has 1 rings (SSSR count). The van der Waals surface area contributed by atoms with Crippen molar-refractivity contribution in [3.8, 4) is 0 Å². The average Bonchev–Trinajstić information content (AvgIpc) is 2.51. The van der Waals surface area contributed by atoms with Gasteiger partial charge in [0.05, 0.1) is 0 Å². The molecule has 0 heterocycles. The zero-order valence-corrected chi connectivity index (χ0v) is 6.70. The summed E-state index contributed by atoms with van der Waals surface area (Å²) < 4.78 is 0. The lowest BCUT2D eigenvalue weighted by Gasteiger charge is -2.05. The van der Waals surface area contributed by atoms with Crippen LogP contribution in [0.3, 0.4) is 0 Å². The summed E-state index contributed by atoms with van der Waals surface area (Å²) in [6.45, 7) is 1.74. The Morgan fingerprint density at radius 1 is 1.50 bits per heavy atom. The van der Waals surface area contributed by atoms with Crippen LogP contribution in [0.5, 0.6) is 0 Å². The number of rotatable bonds is 2. The molecule has 0 spiro atoms. The molecular formula is C8H10N2O2. The molecule has 0 unspecified atom stereocenters. The lowest BCUT2D eigenvalue weighted by Crippen LogP contribution is -2.28. The quantitative estimate of drug-likeness (QED) is 0.474. The molecule has 64 valence electrons. The highest BCUT2D eigenvalue weighted by Crippen LogP contribution is 2.12. The third-order valence-corrected chi connectivity index (χ3v) is 1.37. The van der Waals surface area contributed by atoms with E-state index in [2.05, 4.69) is 0 Å². The van der Waals surface area contributed by atoms with E-state index in [1.54, 1.807) is 6.92 Å². The minimum Gasteiger partial charge on any atom is -0.382 e. The number of allylic oxidation sites excluding steroid dienone is 6. The minimum absolute atomic E-state index is 0.610. The van der Waals surface area contributed by atoms with Gasteiger partial charge in [-0.3, -0.25) is 0 Å². The Hall–Kier alpha value is -1.71. The fraction of sp³-hybridized carbons (Fsp3) is 0.125. The van der Waals surface area contributed by atoms with Gasteiger partial charge in [0.2, 0.25) is 0 Å². The lowest BCUT2D eigenvalue weighted by molar-refractivity contribution is 0.123. The Morgan fingerprint density at radius 2 is 2.08 bits per heavy atom. The Bertz CT molecular complexity index is 263. The van der Waals surface area contributed by atoms with E-state index >= 15 is 0 Å². The second-order valence-corrected chi connectivity index (χ2v) is 2.30. The van der Waals surface area contributed by atoms with Gasteiger partial charge < -0.3 is 10.6 Å². The van der Waals surface area contributed by atoms with Crippen LogP contribution in [0.1, 0.15) is 6.92 Å². The zero-order chi connectivity index (χ0) is 8.97. The Balaban J connectivity index is 2.52. The van der Waals surface area contributed by atoms with Crippen molar-refractivity contribution < 1.29 is 9.63 Å². The number of carbonyl (C=O) groups is 1. The summed E-state index contributed by atoms with van der Waals surface area (Å²) in [4.78, 5) is 15.1. The number of nitrogens with one attached hydrogen (secondary N) is 1. The number of amides is 2. The Kier molecular flexibility index (Phi) is 2.53. The molecule has 0 radical (unpaired) electrons. The molecule has 0 aromatic heterocycles. The van der Waals surface area contributed by atoms with Crippen molar-refractivity contribution in [1.29, 1.82) is 0 Å². The smallest absolute Gasteiger partial charge is 0.345 e. The van der Waals surface area contributed by atoms with Crippen molar-refractivity contribution in [2.75, 3.05) is 0 Å². The van der Waals surface area contributed by atoms with E-state index in [9.17, 15) is 4.79 Å². The largest absolute Gasteiger partial charge is 0.382 e. The van der Waals surface area contributed by atoms with Crippen molar-refractivity contribution in [1.82, 2.24) is 5.48 Å². The number of nitrogens with two attached hydrogens (primary N) is 1. The molecule has 1 aliphatic carbocycles. The third-order valence-electron chi connectivity index (χ3n) is 1.37.